The van der Waals surface area contributed by atoms with Gasteiger partial charge in [-0.05, 0) is 38.3 Å². The molecule has 1 aromatic rings. The van der Waals surface area contributed by atoms with Gasteiger partial charge in [-0.15, -0.1) is 0 Å². The fourth-order valence-electron chi connectivity index (χ4n) is 3.85. The van der Waals surface area contributed by atoms with Gasteiger partial charge >= 0.3 is 0 Å². The van der Waals surface area contributed by atoms with Crippen molar-refractivity contribution in [2.75, 3.05) is 13.1 Å². The number of benzene rings is 1. The lowest BCUT2D eigenvalue weighted by molar-refractivity contribution is 0.299. The number of rotatable bonds is 2. The van der Waals surface area contributed by atoms with Crippen LogP contribution in [0.5, 0.6) is 0 Å². The van der Waals surface area contributed by atoms with Gasteiger partial charge in [-0.2, -0.15) is 0 Å². The summed E-state index contributed by atoms with van der Waals surface area (Å²) >= 11 is 0. The summed E-state index contributed by atoms with van der Waals surface area (Å²) in [6.07, 6.45) is 4.04. The standard InChI is InChI=1S/C16H20N2/c1-12(13-5-3-2-4-6-13)17-15-14-7-10-18(11-14)16(15)8-9-16/h2-6,12,14H,7-11H2,1H3/b17-15-/t12-,14?/m0/s1. The second kappa shape index (κ2) is 3.67. The Morgan fingerprint density at radius 3 is 2.78 bits per heavy atom. The van der Waals surface area contributed by atoms with E-state index in [0.717, 1.165) is 5.92 Å². The molecule has 2 bridgehead atoms. The van der Waals surface area contributed by atoms with Gasteiger partial charge in [0.25, 0.3) is 0 Å². The van der Waals surface area contributed by atoms with Crippen LogP contribution in [0, 0.1) is 5.92 Å². The fraction of sp³-hybridized carbons (Fsp3) is 0.562. The van der Waals surface area contributed by atoms with E-state index in [9.17, 15) is 0 Å². The summed E-state index contributed by atoms with van der Waals surface area (Å²) in [6, 6.07) is 11.0. The Hall–Kier alpha value is -1.15. The molecule has 0 N–H and O–H groups in total. The summed E-state index contributed by atoms with van der Waals surface area (Å²) in [4.78, 5) is 7.81. The van der Waals surface area contributed by atoms with Gasteiger partial charge in [-0.3, -0.25) is 9.89 Å². The molecule has 2 heteroatoms. The summed E-state index contributed by atoms with van der Waals surface area (Å²) in [5.41, 5.74) is 3.30. The molecule has 0 amide bonds. The van der Waals surface area contributed by atoms with Crippen LogP contribution in [0.2, 0.25) is 0 Å². The monoisotopic (exact) mass is 240 g/mol. The number of hydrogen-bond donors (Lipinski definition) is 0. The first kappa shape index (κ1) is 10.7. The van der Waals surface area contributed by atoms with E-state index in [1.54, 1.807) is 0 Å². The van der Waals surface area contributed by atoms with Crippen LogP contribution in [0.3, 0.4) is 0 Å². The van der Waals surface area contributed by atoms with Gasteiger partial charge in [-0.25, -0.2) is 0 Å². The molecular weight excluding hydrogens is 220 g/mol. The van der Waals surface area contributed by atoms with Crippen LogP contribution in [0.25, 0.3) is 0 Å². The maximum atomic E-state index is 5.12. The van der Waals surface area contributed by atoms with E-state index >= 15 is 0 Å². The van der Waals surface area contributed by atoms with Gasteiger partial charge in [0.05, 0.1) is 11.6 Å². The number of nitrogens with zero attached hydrogens (tertiary/aromatic N) is 2. The SMILES string of the molecule is C[C@H](/N=C1/C2CCN(C2)C12CC2)c1ccccc1. The molecule has 3 fully saturated rings. The number of fused-ring (bicyclic) bond motifs is 3. The minimum atomic E-state index is 0.319. The maximum Gasteiger partial charge on any atom is 0.0721 e. The highest BCUT2D eigenvalue weighted by Gasteiger charge is 2.61. The predicted molar refractivity (Wildman–Crippen MR) is 73.9 cm³/mol. The van der Waals surface area contributed by atoms with Gasteiger partial charge in [-0.1, -0.05) is 30.3 Å². The van der Waals surface area contributed by atoms with Crippen molar-refractivity contribution < 1.29 is 0 Å². The zero-order chi connectivity index (χ0) is 12.2. The second-order valence-electron chi connectivity index (χ2n) is 6.06. The molecule has 18 heavy (non-hydrogen) atoms. The van der Waals surface area contributed by atoms with Crippen LogP contribution < -0.4 is 0 Å². The van der Waals surface area contributed by atoms with Crippen molar-refractivity contribution in [3.05, 3.63) is 35.9 Å². The molecule has 1 aromatic carbocycles. The van der Waals surface area contributed by atoms with Crippen LogP contribution in [-0.2, 0) is 0 Å². The maximum absolute atomic E-state index is 5.12. The molecule has 2 unspecified atom stereocenters. The van der Waals surface area contributed by atoms with Gasteiger partial charge in [0.1, 0.15) is 0 Å². The Bertz CT molecular complexity index is 487. The Morgan fingerprint density at radius 1 is 1.28 bits per heavy atom. The van der Waals surface area contributed by atoms with Crippen molar-refractivity contribution in [2.45, 2.75) is 37.8 Å². The molecular formula is C16H20N2. The molecule has 2 heterocycles. The molecule has 3 aliphatic rings. The Kier molecular flexibility index (Phi) is 2.19. The Morgan fingerprint density at radius 2 is 2.06 bits per heavy atom. The predicted octanol–water partition coefficient (Wildman–Crippen LogP) is 3.06. The Labute approximate surface area is 109 Å². The lowest BCUT2D eigenvalue weighted by Crippen LogP contribution is -2.38. The zero-order valence-electron chi connectivity index (χ0n) is 11.0. The average molecular weight is 240 g/mol. The fourth-order valence-corrected chi connectivity index (χ4v) is 3.85. The van der Waals surface area contributed by atoms with Crippen molar-refractivity contribution in [3.8, 4) is 0 Å². The molecule has 1 saturated carbocycles. The largest absolute Gasteiger partial charge is 0.292 e. The van der Waals surface area contributed by atoms with Crippen LogP contribution in [0.15, 0.2) is 35.3 Å². The van der Waals surface area contributed by atoms with Crippen molar-refractivity contribution >= 4 is 5.71 Å². The van der Waals surface area contributed by atoms with E-state index in [-0.39, 0.29) is 0 Å². The summed E-state index contributed by atoms with van der Waals surface area (Å²) in [5.74, 6) is 0.763. The molecule has 1 spiro atoms. The second-order valence-corrected chi connectivity index (χ2v) is 6.06. The van der Waals surface area contributed by atoms with Crippen LogP contribution in [-0.4, -0.2) is 29.2 Å². The first-order chi connectivity index (χ1) is 8.79. The van der Waals surface area contributed by atoms with E-state index in [0.29, 0.717) is 11.6 Å². The third-order valence-corrected chi connectivity index (χ3v) is 5.00. The zero-order valence-corrected chi connectivity index (χ0v) is 11.0. The molecule has 2 nitrogen and oxygen atoms in total. The first-order valence-electron chi connectivity index (χ1n) is 7.18. The smallest absolute Gasteiger partial charge is 0.0721 e. The topological polar surface area (TPSA) is 15.6 Å². The minimum absolute atomic E-state index is 0.319. The third kappa shape index (κ3) is 1.42. The van der Waals surface area contributed by atoms with Crippen LogP contribution in [0.1, 0.15) is 37.8 Å². The molecule has 2 aliphatic heterocycles. The highest BCUT2D eigenvalue weighted by atomic mass is 15.3. The van der Waals surface area contributed by atoms with E-state index in [1.165, 1.54) is 43.6 Å². The normalized spacial score (nSPS) is 35.3. The number of aliphatic imine (C=N–C) groups is 1. The van der Waals surface area contributed by atoms with Crippen molar-refractivity contribution in [2.24, 2.45) is 10.9 Å². The summed E-state index contributed by atoms with van der Waals surface area (Å²) in [7, 11) is 0. The van der Waals surface area contributed by atoms with E-state index in [1.807, 2.05) is 0 Å². The Balaban J connectivity index is 1.65. The van der Waals surface area contributed by atoms with Crippen molar-refractivity contribution in [1.82, 2.24) is 4.90 Å². The highest BCUT2D eigenvalue weighted by Crippen LogP contribution is 2.53. The van der Waals surface area contributed by atoms with Gasteiger partial charge in [0.2, 0.25) is 0 Å². The minimum Gasteiger partial charge on any atom is -0.292 e. The summed E-state index contributed by atoms with van der Waals surface area (Å²) in [6.45, 7) is 4.82. The van der Waals surface area contributed by atoms with E-state index < -0.39 is 0 Å². The summed E-state index contributed by atoms with van der Waals surface area (Å²) in [5, 5.41) is 0. The van der Waals surface area contributed by atoms with Crippen molar-refractivity contribution in [1.29, 1.82) is 0 Å². The van der Waals surface area contributed by atoms with Crippen LogP contribution in [0.4, 0.5) is 0 Å². The molecule has 94 valence electrons. The van der Waals surface area contributed by atoms with E-state index in [2.05, 4.69) is 42.2 Å². The van der Waals surface area contributed by atoms with Gasteiger partial charge in [0, 0.05) is 18.2 Å². The summed E-state index contributed by atoms with van der Waals surface area (Å²) < 4.78 is 0. The number of piperidine rings is 1. The average Bonchev–Trinajstić information content (AvgIpc) is 2.95. The highest BCUT2D eigenvalue weighted by molar-refractivity contribution is 6.01. The molecule has 3 atom stereocenters. The van der Waals surface area contributed by atoms with E-state index in [4.69, 9.17) is 4.99 Å². The first-order valence-corrected chi connectivity index (χ1v) is 7.18. The quantitative estimate of drug-likeness (QED) is 0.775. The van der Waals surface area contributed by atoms with Crippen LogP contribution >= 0.6 is 0 Å². The third-order valence-electron chi connectivity index (χ3n) is 5.00. The lowest BCUT2D eigenvalue weighted by atomic mass is 9.95. The lowest BCUT2D eigenvalue weighted by Gasteiger charge is -2.27. The van der Waals surface area contributed by atoms with Gasteiger partial charge < -0.3 is 0 Å². The van der Waals surface area contributed by atoms with Crippen molar-refractivity contribution in [3.63, 3.8) is 0 Å². The molecule has 4 rings (SSSR count). The molecule has 0 aromatic heterocycles. The number of hydrogen-bond acceptors (Lipinski definition) is 2. The molecule has 0 radical (unpaired) electrons. The van der Waals surface area contributed by atoms with Gasteiger partial charge in [0.15, 0.2) is 0 Å². The molecule has 2 saturated heterocycles. The molecule has 1 aliphatic carbocycles.